The number of hydrogen-bond acceptors (Lipinski definition) is 5. The first-order chi connectivity index (χ1) is 17.6. The normalized spacial score (nSPS) is 12.0. The Bertz CT molecular complexity index is 1310. The molecular formula is C28H33N3O5S. The summed E-state index contributed by atoms with van der Waals surface area (Å²) in [6, 6.07) is 20.7. The molecule has 9 heteroatoms. The fraction of sp³-hybridized carbons (Fsp3) is 0.286. The first-order valence-corrected chi connectivity index (χ1v) is 13.5. The second-order valence-corrected chi connectivity index (χ2v) is 10.8. The molecule has 37 heavy (non-hydrogen) atoms. The Morgan fingerprint density at radius 1 is 0.919 bits per heavy atom. The zero-order valence-corrected chi connectivity index (χ0v) is 22.3. The van der Waals surface area contributed by atoms with Gasteiger partial charge in [0.2, 0.25) is 5.91 Å². The highest BCUT2D eigenvalue weighted by molar-refractivity contribution is 7.90. The number of urea groups is 1. The Morgan fingerprint density at radius 2 is 1.54 bits per heavy atom. The first kappa shape index (κ1) is 27.7. The predicted octanol–water partition coefficient (Wildman–Crippen LogP) is 4.29. The summed E-state index contributed by atoms with van der Waals surface area (Å²) >= 11 is 0. The van der Waals surface area contributed by atoms with Gasteiger partial charge in [-0.3, -0.25) is 4.79 Å². The molecule has 1 unspecified atom stereocenters. The van der Waals surface area contributed by atoms with E-state index in [1.165, 1.54) is 6.07 Å². The number of ether oxygens (including phenoxy) is 1. The van der Waals surface area contributed by atoms with Gasteiger partial charge in [-0.15, -0.1) is 0 Å². The van der Waals surface area contributed by atoms with E-state index in [4.69, 9.17) is 4.74 Å². The number of hydrogen-bond donors (Lipinski definition) is 2. The number of anilines is 1. The van der Waals surface area contributed by atoms with Gasteiger partial charge in [0.25, 0.3) is 10.0 Å². The maximum absolute atomic E-state index is 13.9. The zero-order valence-electron chi connectivity index (χ0n) is 21.5. The molecular weight excluding hydrogens is 490 g/mol. The number of methoxy groups -OCH3 is 1. The maximum Gasteiger partial charge on any atom is 0.329 e. The Labute approximate surface area is 218 Å². The molecule has 0 heterocycles. The second kappa shape index (κ2) is 12.4. The molecule has 0 aliphatic heterocycles. The van der Waals surface area contributed by atoms with Crippen molar-refractivity contribution in [3.63, 3.8) is 0 Å². The van der Waals surface area contributed by atoms with Crippen LogP contribution in [0.1, 0.15) is 25.0 Å². The SMILES string of the molecule is COc1ccc(N(CC(C)C)C(=O)C(Cc2ccccc2)NC(=O)NS(=O)(=O)c2ccccc2C)cc1. The molecule has 0 saturated carbocycles. The van der Waals surface area contributed by atoms with Crippen LogP contribution in [-0.4, -0.2) is 40.1 Å². The summed E-state index contributed by atoms with van der Waals surface area (Å²) in [5.41, 5.74) is 1.97. The van der Waals surface area contributed by atoms with Crippen molar-refractivity contribution in [2.24, 2.45) is 5.92 Å². The molecule has 0 aliphatic carbocycles. The van der Waals surface area contributed by atoms with E-state index in [-0.39, 0.29) is 23.1 Å². The van der Waals surface area contributed by atoms with Crippen LogP contribution in [0.5, 0.6) is 5.75 Å². The molecule has 196 valence electrons. The lowest BCUT2D eigenvalue weighted by molar-refractivity contribution is -0.120. The Kier molecular flexibility index (Phi) is 9.30. The Balaban J connectivity index is 1.90. The predicted molar refractivity (Wildman–Crippen MR) is 144 cm³/mol. The molecule has 3 aromatic rings. The lowest BCUT2D eigenvalue weighted by atomic mass is 10.0. The quantitative estimate of drug-likeness (QED) is 0.413. The second-order valence-electron chi connectivity index (χ2n) is 9.13. The van der Waals surface area contributed by atoms with Crippen molar-refractivity contribution in [2.45, 2.75) is 38.1 Å². The van der Waals surface area contributed by atoms with Gasteiger partial charge < -0.3 is 15.0 Å². The van der Waals surface area contributed by atoms with E-state index in [1.54, 1.807) is 61.4 Å². The van der Waals surface area contributed by atoms with Crippen LogP contribution in [0, 0.1) is 12.8 Å². The van der Waals surface area contributed by atoms with E-state index in [9.17, 15) is 18.0 Å². The number of benzene rings is 3. The molecule has 0 fully saturated rings. The minimum Gasteiger partial charge on any atom is -0.497 e. The highest BCUT2D eigenvalue weighted by Crippen LogP contribution is 2.22. The van der Waals surface area contributed by atoms with Gasteiger partial charge in [0.05, 0.1) is 12.0 Å². The summed E-state index contributed by atoms with van der Waals surface area (Å²) in [5, 5.41) is 2.61. The van der Waals surface area contributed by atoms with Gasteiger partial charge in [0.1, 0.15) is 11.8 Å². The van der Waals surface area contributed by atoms with E-state index in [2.05, 4.69) is 10.0 Å². The summed E-state index contributed by atoms with van der Waals surface area (Å²) in [4.78, 5) is 28.4. The van der Waals surface area contributed by atoms with Crippen LogP contribution >= 0.6 is 0 Å². The molecule has 3 amide bonds. The molecule has 0 radical (unpaired) electrons. The number of carbonyl (C=O) groups is 2. The minimum absolute atomic E-state index is 0.00393. The third kappa shape index (κ3) is 7.57. The largest absolute Gasteiger partial charge is 0.497 e. The van der Waals surface area contributed by atoms with E-state index in [1.807, 2.05) is 44.2 Å². The van der Waals surface area contributed by atoms with Gasteiger partial charge >= 0.3 is 6.03 Å². The average Bonchev–Trinajstić information content (AvgIpc) is 2.87. The van der Waals surface area contributed by atoms with Crippen molar-refractivity contribution in [2.75, 3.05) is 18.6 Å². The van der Waals surface area contributed by atoms with Gasteiger partial charge in [-0.25, -0.2) is 17.9 Å². The third-order valence-electron chi connectivity index (χ3n) is 5.69. The summed E-state index contributed by atoms with van der Waals surface area (Å²) in [6.07, 6.45) is 0.183. The van der Waals surface area contributed by atoms with Crippen LogP contribution in [-0.2, 0) is 21.2 Å². The molecule has 0 saturated heterocycles. The maximum atomic E-state index is 13.9. The summed E-state index contributed by atoms with van der Waals surface area (Å²) in [5.74, 6) is 0.435. The highest BCUT2D eigenvalue weighted by Gasteiger charge is 2.29. The van der Waals surface area contributed by atoms with Crippen LogP contribution in [0.15, 0.2) is 83.8 Å². The zero-order chi connectivity index (χ0) is 27.0. The molecule has 1 atom stereocenters. The monoisotopic (exact) mass is 523 g/mol. The van der Waals surface area contributed by atoms with Gasteiger partial charge in [-0.2, -0.15) is 0 Å². The summed E-state index contributed by atoms with van der Waals surface area (Å²) in [7, 11) is -2.57. The molecule has 0 spiro atoms. The lowest BCUT2D eigenvalue weighted by Crippen LogP contribution is -2.53. The lowest BCUT2D eigenvalue weighted by Gasteiger charge is -2.29. The van der Waals surface area contributed by atoms with Crippen molar-refractivity contribution in [1.29, 1.82) is 0 Å². The smallest absolute Gasteiger partial charge is 0.329 e. The minimum atomic E-state index is -4.13. The van der Waals surface area contributed by atoms with Gasteiger partial charge in [0.15, 0.2) is 0 Å². The van der Waals surface area contributed by atoms with Crippen LogP contribution in [0.3, 0.4) is 0 Å². The highest BCUT2D eigenvalue weighted by atomic mass is 32.2. The number of carbonyl (C=O) groups excluding carboxylic acids is 2. The van der Waals surface area contributed by atoms with Gasteiger partial charge in [-0.1, -0.05) is 62.4 Å². The van der Waals surface area contributed by atoms with Gasteiger partial charge in [-0.05, 0) is 54.3 Å². The molecule has 2 N–H and O–H groups in total. The van der Waals surface area contributed by atoms with Crippen molar-refractivity contribution in [3.8, 4) is 5.75 Å². The topological polar surface area (TPSA) is 105 Å². The van der Waals surface area contributed by atoms with Crippen molar-refractivity contribution in [1.82, 2.24) is 10.0 Å². The molecule has 3 rings (SSSR count). The first-order valence-electron chi connectivity index (χ1n) is 12.0. The van der Waals surface area contributed by atoms with E-state index in [0.29, 0.717) is 23.5 Å². The van der Waals surface area contributed by atoms with E-state index >= 15 is 0 Å². The van der Waals surface area contributed by atoms with Crippen molar-refractivity contribution in [3.05, 3.63) is 90.0 Å². The van der Waals surface area contributed by atoms with Crippen LogP contribution in [0.4, 0.5) is 10.5 Å². The number of rotatable bonds is 10. The number of nitrogens with one attached hydrogen (secondary N) is 2. The Morgan fingerprint density at radius 3 is 2.14 bits per heavy atom. The fourth-order valence-corrected chi connectivity index (χ4v) is 5.07. The van der Waals surface area contributed by atoms with Crippen LogP contribution in [0.25, 0.3) is 0 Å². The van der Waals surface area contributed by atoms with Crippen molar-refractivity contribution < 1.29 is 22.7 Å². The number of nitrogens with zero attached hydrogens (tertiary/aromatic N) is 1. The number of sulfonamides is 1. The Hall–Kier alpha value is -3.85. The van der Waals surface area contributed by atoms with Crippen LogP contribution in [0.2, 0.25) is 0 Å². The van der Waals surface area contributed by atoms with Crippen molar-refractivity contribution >= 4 is 27.6 Å². The van der Waals surface area contributed by atoms with Crippen LogP contribution < -0.4 is 19.7 Å². The average molecular weight is 524 g/mol. The van der Waals surface area contributed by atoms with Gasteiger partial charge in [0, 0.05) is 18.7 Å². The molecule has 3 aromatic carbocycles. The molecule has 0 bridgehead atoms. The fourth-order valence-electron chi connectivity index (χ4n) is 3.91. The molecule has 0 aliphatic rings. The summed E-state index contributed by atoms with van der Waals surface area (Å²) < 4.78 is 33.0. The van der Waals surface area contributed by atoms with E-state index in [0.717, 1.165) is 5.56 Å². The standard InChI is InChI=1S/C28H33N3O5S/c1-20(2)19-31(23-14-16-24(36-4)17-15-23)27(32)25(18-22-11-6-5-7-12-22)29-28(33)30-37(34,35)26-13-9-8-10-21(26)3/h5-17,20,25H,18-19H2,1-4H3,(H2,29,30,33). The number of aryl methyl sites for hydroxylation is 1. The number of amides is 3. The third-order valence-corrected chi connectivity index (χ3v) is 7.19. The summed E-state index contributed by atoms with van der Waals surface area (Å²) in [6.45, 7) is 6.03. The molecule has 0 aromatic heterocycles. The molecule has 8 nitrogen and oxygen atoms in total. The van der Waals surface area contributed by atoms with E-state index < -0.39 is 22.1 Å².